The summed E-state index contributed by atoms with van der Waals surface area (Å²) in [5, 5.41) is 0.178. The third kappa shape index (κ3) is 2.46. The quantitative estimate of drug-likeness (QED) is 0.847. The van der Waals surface area contributed by atoms with Crippen LogP contribution in [0.25, 0.3) is 0 Å². The first kappa shape index (κ1) is 13.3. The van der Waals surface area contributed by atoms with Gasteiger partial charge in [0, 0.05) is 30.0 Å². The number of nitrogens with zero attached hydrogens (tertiary/aromatic N) is 1. The summed E-state index contributed by atoms with van der Waals surface area (Å²) in [7, 11) is 0. The van der Waals surface area contributed by atoms with E-state index in [2.05, 4.69) is 4.90 Å². The number of fused-ring (bicyclic) bond motifs is 1. The molecule has 1 aliphatic rings. The molecule has 0 spiro atoms. The van der Waals surface area contributed by atoms with Gasteiger partial charge in [0.1, 0.15) is 5.82 Å². The second-order valence-electron chi connectivity index (χ2n) is 5.13. The molecular weight excluding hydrogens is 275 g/mol. The molecule has 0 atom stereocenters. The Hall–Kier alpha value is -1.74. The van der Waals surface area contributed by atoms with Crippen molar-refractivity contribution in [2.45, 2.75) is 19.4 Å². The lowest BCUT2D eigenvalue weighted by atomic mass is 10.0. The van der Waals surface area contributed by atoms with E-state index >= 15 is 0 Å². The number of benzene rings is 2. The Bertz CT molecular complexity index is 642. The van der Waals surface area contributed by atoms with Gasteiger partial charge in [0.2, 0.25) is 0 Å². The van der Waals surface area contributed by atoms with Crippen molar-refractivity contribution < 1.29 is 4.39 Å². The maximum atomic E-state index is 14.0. The van der Waals surface area contributed by atoms with Crippen LogP contribution in [-0.4, -0.2) is 6.54 Å². The second-order valence-corrected chi connectivity index (χ2v) is 5.53. The molecule has 0 radical (unpaired) electrons. The molecule has 2 aromatic rings. The standard InChI is InChI=1S/C16H16ClFN2/c17-14-5-1-3-12(16(14)18)10-20-8-2-4-11-9-13(19)6-7-15(11)20/h1,3,5-7,9H,2,4,8,10,19H2. The zero-order valence-electron chi connectivity index (χ0n) is 11.1. The highest BCUT2D eigenvalue weighted by Crippen LogP contribution is 2.31. The van der Waals surface area contributed by atoms with Crippen LogP contribution in [0.2, 0.25) is 5.02 Å². The highest BCUT2D eigenvalue weighted by atomic mass is 35.5. The summed E-state index contributed by atoms with van der Waals surface area (Å²) in [6.45, 7) is 1.45. The van der Waals surface area contributed by atoms with Crippen molar-refractivity contribution in [2.75, 3.05) is 17.2 Å². The molecule has 0 saturated carbocycles. The van der Waals surface area contributed by atoms with Gasteiger partial charge in [0.05, 0.1) is 5.02 Å². The first-order valence-corrected chi connectivity index (χ1v) is 7.09. The van der Waals surface area contributed by atoms with Crippen LogP contribution >= 0.6 is 11.6 Å². The third-order valence-electron chi connectivity index (χ3n) is 3.71. The second kappa shape index (κ2) is 5.33. The first-order valence-electron chi connectivity index (χ1n) is 6.71. The molecule has 0 amide bonds. The lowest BCUT2D eigenvalue weighted by Crippen LogP contribution is -2.29. The number of rotatable bonds is 2. The number of hydrogen-bond donors (Lipinski definition) is 1. The van der Waals surface area contributed by atoms with E-state index in [1.54, 1.807) is 18.2 Å². The van der Waals surface area contributed by atoms with Crippen molar-refractivity contribution in [3.05, 3.63) is 58.4 Å². The van der Waals surface area contributed by atoms with E-state index in [9.17, 15) is 4.39 Å². The summed E-state index contributed by atoms with van der Waals surface area (Å²) in [5.41, 5.74) is 9.61. The molecular formula is C16H16ClFN2. The van der Waals surface area contributed by atoms with E-state index < -0.39 is 0 Å². The fourth-order valence-corrected chi connectivity index (χ4v) is 2.93. The van der Waals surface area contributed by atoms with Gasteiger partial charge in [-0.1, -0.05) is 23.7 Å². The molecule has 1 aliphatic heterocycles. The average molecular weight is 291 g/mol. The van der Waals surface area contributed by atoms with Gasteiger partial charge in [-0.2, -0.15) is 0 Å². The molecule has 3 rings (SSSR count). The van der Waals surface area contributed by atoms with Crippen LogP contribution in [0.4, 0.5) is 15.8 Å². The fourth-order valence-electron chi connectivity index (χ4n) is 2.74. The topological polar surface area (TPSA) is 29.3 Å². The summed E-state index contributed by atoms with van der Waals surface area (Å²) < 4.78 is 14.0. The fraction of sp³-hybridized carbons (Fsp3) is 0.250. The van der Waals surface area contributed by atoms with E-state index in [0.29, 0.717) is 12.1 Å². The Balaban J connectivity index is 1.91. The smallest absolute Gasteiger partial charge is 0.146 e. The van der Waals surface area contributed by atoms with E-state index in [1.807, 2.05) is 18.2 Å². The normalized spacial score (nSPS) is 14.2. The molecule has 2 N–H and O–H groups in total. The monoisotopic (exact) mass is 290 g/mol. The number of nitrogen functional groups attached to an aromatic ring is 1. The Morgan fingerprint density at radius 2 is 2.10 bits per heavy atom. The zero-order valence-corrected chi connectivity index (χ0v) is 11.8. The number of nitrogens with two attached hydrogens (primary N) is 1. The summed E-state index contributed by atoms with van der Waals surface area (Å²) in [4.78, 5) is 2.19. The largest absolute Gasteiger partial charge is 0.399 e. The maximum Gasteiger partial charge on any atom is 0.146 e. The molecule has 20 heavy (non-hydrogen) atoms. The van der Waals surface area contributed by atoms with Gasteiger partial charge in [-0.3, -0.25) is 0 Å². The predicted octanol–water partition coefficient (Wildman–Crippen LogP) is 4.01. The Morgan fingerprint density at radius 1 is 1.25 bits per heavy atom. The molecule has 104 valence electrons. The van der Waals surface area contributed by atoms with E-state index in [0.717, 1.165) is 30.8 Å². The van der Waals surface area contributed by atoms with Gasteiger partial charge in [0.25, 0.3) is 0 Å². The minimum absolute atomic E-state index is 0.178. The van der Waals surface area contributed by atoms with Crippen LogP contribution < -0.4 is 10.6 Å². The molecule has 2 aromatic carbocycles. The van der Waals surface area contributed by atoms with Crippen LogP contribution in [0.3, 0.4) is 0 Å². The van der Waals surface area contributed by atoms with Gasteiger partial charge in [-0.25, -0.2) is 4.39 Å². The molecule has 0 bridgehead atoms. The first-order chi connectivity index (χ1) is 9.65. The van der Waals surface area contributed by atoms with Gasteiger partial charge < -0.3 is 10.6 Å². The number of halogens is 2. The van der Waals surface area contributed by atoms with Crippen LogP contribution in [-0.2, 0) is 13.0 Å². The van der Waals surface area contributed by atoms with Gasteiger partial charge in [-0.05, 0) is 42.7 Å². The van der Waals surface area contributed by atoms with Crippen LogP contribution in [0, 0.1) is 5.82 Å². The molecule has 2 nitrogen and oxygen atoms in total. The van der Waals surface area contributed by atoms with Crippen LogP contribution in [0.1, 0.15) is 17.5 Å². The third-order valence-corrected chi connectivity index (χ3v) is 4.00. The molecule has 0 saturated heterocycles. The van der Waals surface area contributed by atoms with E-state index in [1.165, 1.54) is 5.56 Å². The van der Waals surface area contributed by atoms with Crippen LogP contribution in [0.5, 0.6) is 0 Å². The molecule has 0 unspecified atom stereocenters. The summed E-state index contributed by atoms with van der Waals surface area (Å²) >= 11 is 5.84. The molecule has 0 aliphatic carbocycles. The minimum Gasteiger partial charge on any atom is -0.399 e. The zero-order chi connectivity index (χ0) is 14.1. The van der Waals surface area contributed by atoms with Crippen molar-refractivity contribution in [1.82, 2.24) is 0 Å². The highest BCUT2D eigenvalue weighted by Gasteiger charge is 2.18. The van der Waals surface area contributed by atoms with Crippen molar-refractivity contribution in [1.29, 1.82) is 0 Å². The Labute approximate surface area is 123 Å². The van der Waals surface area contributed by atoms with Crippen molar-refractivity contribution in [3.63, 3.8) is 0 Å². The summed E-state index contributed by atoms with van der Waals surface area (Å²) in [6, 6.07) is 11.1. The number of hydrogen-bond acceptors (Lipinski definition) is 2. The maximum absolute atomic E-state index is 14.0. The minimum atomic E-state index is -0.322. The SMILES string of the molecule is Nc1ccc2c(c1)CCCN2Cc1cccc(Cl)c1F. The molecule has 1 heterocycles. The van der Waals surface area contributed by atoms with E-state index in [4.69, 9.17) is 17.3 Å². The van der Waals surface area contributed by atoms with Gasteiger partial charge in [-0.15, -0.1) is 0 Å². The lowest BCUT2D eigenvalue weighted by molar-refractivity contribution is 0.598. The molecule has 0 aromatic heterocycles. The summed E-state index contributed by atoms with van der Waals surface area (Å²) in [6.07, 6.45) is 2.08. The lowest BCUT2D eigenvalue weighted by Gasteiger charge is -2.31. The number of aryl methyl sites for hydroxylation is 1. The average Bonchev–Trinajstić information content (AvgIpc) is 2.44. The van der Waals surface area contributed by atoms with Gasteiger partial charge >= 0.3 is 0 Å². The van der Waals surface area contributed by atoms with E-state index in [-0.39, 0.29) is 10.8 Å². The van der Waals surface area contributed by atoms with Crippen molar-refractivity contribution in [3.8, 4) is 0 Å². The summed E-state index contributed by atoms with van der Waals surface area (Å²) in [5.74, 6) is -0.322. The highest BCUT2D eigenvalue weighted by molar-refractivity contribution is 6.30. The number of anilines is 2. The Kier molecular flexibility index (Phi) is 3.53. The molecule has 0 fully saturated rings. The van der Waals surface area contributed by atoms with Crippen molar-refractivity contribution >= 4 is 23.0 Å². The Morgan fingerprint density at radius 3 is 2.95 bits per heavy atom. The van der Waals surface area contributed by atoms with Crippen molar-refractivity contribution in [2.24, 2.45) is 0 Å². The van der Waals surface area contributed by atoms with Crippen LogP contribution in [0.15, 0.2) is 36.4 Å². The van der Waals surface area contributed by atoms with Gasteiger partial charge in [0.15, 0.2) is 0 Å². The molecule has 4 heteroatoms. The predicted molar refractivity (Wildman–Crippen MR) is 81.6 cm³/mol.